The van der Waals surface area contributed by atoms with Crippen LogP contribution in [0.1, 0.15) is 88.6 Å². The Labute approximate surface area is 244 Å². The summed E-state index contributed by atoms with van der Waals surface area (Å²) in [6.45, 7) is 7.12. The van der Waals surface area contributed by atoms with Gasteiger partial charge in [-0.3, -0.25) is 19.4 Å². The van der Waals surface area contributed by atoms with Crippen molar-refractivity contribution in [2.75, 3.05) is 25.2 Å². The summed E-state index contributed by atoms with van der Waals surface area (Å²) in [5.74, 6) is 2.88. The number of ether oxygens (including phenoxy) is 1. The largest absolute Gasteiger partial charge is 0.495 e. The van der Waals surface area contributed by atoms with E-state index in [1.54, 1.807) is 7.11 Å². The molecule has 2 aliphatic rings. The maximum atomic E-state index is 14.1. The number of amides is 1. The fourth-order valence-electron chi connectivity index (χ4n) is 6.53. The van der Waals surface area contributed by atoms with E-state index in [0.29, 0.717) is 24.3 Å². The molecular weight excluding hydrogens is 514 g/mol. The monoisotopic (exact) mass is 559 g/mol. The number of nitrogens with zero attached hydrogens (tertiary/aromatic N) is 5. The summed E-state index contributed by atoms with van der Waals surface area (Å²) < 4.78 is 7.35. The second-order valence-electron chi connectivity index (χ2n) is 12.3. The lowest BCUT2D eigenvalue weighted by Crippen LogP contribution is -2.42. The van der Waals surface area contributed by atoms with Crippen molar-refractivity contribution in [2.45, 2.75) is 84.1 Å². The van der Waals surface area contributed by atoms with E-state index in [9.17, 15) is 9.90 Å². The molecule has 0 aliphatic heterocycles. The molecule has 8 heteroatoms. The summed E-state index contributed by atoms with van der Waals surface area (Å²) in [6.07, 6.45) is 13.5. The SMILES string of the molecule is COc1ccc([C@H]2CC[C@H](CN(c3cc(-c4cnn(C(C)C)c4)ccn3)C(=O)[C@H]3CC[C@H](CO)CC3)CC2)nc1C. The van der Waals surface area contributed by atoms with E-state index < -0.39 is 0 Å². The predicted octanol–water partition coefficient (Wildman–Crippen LogP) is 6.34. The van der Waals surface area contributed by atoms with E-state index in [2.05, 4.69) is 37.3 Å². The van der Waals surface area contributed by atoms with Crippen LogP contribution in [0.5, 0.6) is 5.75 Å². The smallest absolute Gasteiger partial charge is 0.231 e. The number of carbonyl (C=O) groups excluding carboxylic acids is 1. The molecule has 2 aliphatic carbocycles. The molecule has 220 valence electrons. The van der Waals surface area contributed by atoms with Gasteiger partial charge in [-0.05, 0) is 114 Å². The first-order valence-electron chi connectivity index (χ1n) is 15.3. The van der Waals surface area contributed by atoms with Crippen LogP contribution in [0, 0.1) is 24.7 Å². The molecule has 2 fully saturated rings. The molecule has 3 aromatic heterocycles. The van der Waals surface area contributed by atoms with E-state index in [1.807, 2.05) is 41.0 Å². The Balaban J connectivity index is 1.33. The first-order chi connectivity index (χ1) is 19.9. The van der Waals surface area contributed by atoms with Crippen LogP contribution in [0.25, 0.3) is 11.1 Å². The molecule has 0 bridgehead atoms. The van der Waals surface area contributed by atoms with Gasteiger partial charge in [0, 0.05) is 54.7 Å². The topological polar surface area (TPSA) is 93.4 Å². The number of aromatic nitrogens is 4. The van der Waals surface area contributed by atoms with Gasteiger partial charge in [0.15, 0.2) is 0 Å². The van der Waals surface area contributed by atoms with E-state index in [1.165, 1.54) is 0 Å². The number of hydrogen-bond acceptors (Lipinski definition) is 6. The maximum Gasteiger partial charge on any atom is 0.231 e. The molecule has 0 radical (unpaired) electrons. The normalized spacial score (nSPS) is 23.0. The Kier molecular flexibility index (Phi) is 9.38. The number of methoxy groups -OCH3 is 1. The zero-order chi connectivity index (χ0) is 28.9. The highest BCUT2D eigenvalue weighted by Gasteiger charge is 2.33. The highest BCUT2D eigenvalue weighted by atomic mass is 16.5. The minimum atomic E-state index is -0.0187. The zero-order valence-corrected chi connectivity index (χ0v) is 25.0. The number of anilines is 1. The molecule has 3 heterocycles. The molecule has 41 heavy (non-hydrogen) atoms. The predicted molar refractivity (Wildman–Crippen MR) is 161 cm³/mol. The van der Waals surface area contributed by atoms with Crippen molar-refractivity contribution in [3.05, 3.63) is 54.2 Å². The van der Waals surface area contributed by atoms with Gasteiger partial charge in [0.2, 0.25) is 5.91 Å². The maximum absolute atomic E-state index is 14.1. The van der Waals surface area contributed by atoms with Crippen LogP contribution in [-0.2, 0) is 4.79 Å². The Bertz CT molecular complexity index is 1310. The van der Waals surface area contributed by atoms with Crippen LogP contribution >= 0.6 is 0 Å². The summed E-state index contributed by atoms with van der Waals surface area (Å²) in [5, 5.41) is 14.1. The average Bonchev–Trinajstić information content (AvgIpc) is 3.51. The first-order valence-corrected chi connectivity index (χ1v) is 15.3. The number of aryl methyl sites for hydroxylation is 1. The quantitative estimate of drug-likeness (QED) is 0.329. The van der Waals surface area contributed by atoms with Gasteiger partial charge in [-0.25, -0.2) is 4.98 Å². The van der Waals surface area contributed by atoms with Gasteiger partial charge in [-0.2, -0.15) is 5.10 Å². The van der Waals surface area contributed by atoms with Crippen LogP contribution < -0.4 is 9.64 Å². The number of hydrogen-bond donors (Lipinski definition) is 1. The zero-order valence-electron chi connectivity index (χ0n) is 25.0. The van der Waals surface area contributed by atoms with Gasteiger partial charge in [0.05, 0.1) is 19.0 Å². The molecule has 1 amide bonds. The van der Waals surface area contributed by atoms with Crippen LogP contribution in [0.15, 0.2) is 42.9 Å². The second-order valence-corrected chi connectivity index (χ2v) is 12.3. The van der Waals surface area contributed by atoms with Crippen molar-refractivity contribution >= 4 is 11.7 Å². The molecule has 0 unspecified atom stereocenters. The summed E-state index contributed by atoms with van der Waals surface area (Å²) in [4.78, 5) is 25.6. The van der Waals surface area contributed by atoms with Gasteiger partial charge in [0.1, 0.15) is 11.6 Å². The number of pyridine rings is 2. The van der Waals surface area contributed by atoms with Crippen molar-refractivity contribution in [2.24, 2.45) is 17.8 Å². The van der Waals surface area contributed by atoms with E-state index >= 15 is 0 Å². The van der Waals surface area contributed by atoms with Gasteiger partial charge in [-0.1, -0.05) is 0 Å². The third-order valence-electron chi connectivity index (χ3n) is 9.19. The summed E-state index contributed by atoms with van der Waals surface area (Å²) in [6, 6.07) is 8.46. The second kappa shape index (κ2) is 13.1. The molecule has 1 N–H and O–H groups in total. The molecule has 8 nitrogen and oxygen atoms in total. The van der Waals surface area contributed by atoms with Crippen molar-refractivity contribution in [3.8, 4) is 16.9 Å². The van der Waals surface area contributed by atoms with Crippen LogP contribution in [0.2, 0.25) is 0 Å². The summed E-state index contributed by atoms with van der Waals surface area (Å²) in [5.41, 5.74) is 4.13. The molecular formula is C33H45N5O3. The Morgan fingerprint density at radius 2 is 1.78 bits per heavy atom. The highest BCUT2D eigenvalue weighted by molar-refractivity contribution is 5.94. The number of aliphatic hydroxyl groups is 1. The van der Waals surface area contributed by atoms with Crippen molar-refractivity contribution in [3.63, 3.8) is 0 Å². The molecule has 2 saturated carbocycles. The molecule has 0 spiro atoms. The first kappa shape index (κ1) is 29.2. The molecule has 0 saturated heterocycles. The van der Waals surface area contributed by atoms with Crippen LogP contribution in [0.3, 0.4) is 0 Å². The fraction of sp³-hybridized carbons (Fsp3) is 0.576. The van der Waals surface area contributed by atoms with Gasteiger partial charge in [-0.15, -0.1) is 0 Å². The minimum Gasteiger partial charge on any atom is -0.495 e. The van der Waals surface area contributed by atoms with E-state index in [4.69, 9.17) is 14.7 Å². The van der Waals surface area contributed by atoms with E-state index in [0.717, 1.165) is 85.4 Å². The summed E-state index contributed by atoms with van der Waals surface area (Å²) in [7, 11) is 1.68. The summed E-state index contributed by atoms with van der Waals surface area (Å²) >= 11 is 0. The Morgan fingerprint density at radius 1 is 1.05 bits per heavy atom. The van der Waals surface area contributed by atoms with Crippen molar-refractivity contribution in [1.82, 2.24) is 19.7 Å². The third-order valence-corrected chi connectivity index (χ3v) is 9.19. The molecule has 0 aromatic carbocycles. The minimum absolute atomic E-state index is 0.0187. The van der Waals surface area contributed by atoms with Crippen molar-refractivity contribution < 1.29 is 14.6 Å². The average molecular weight is 560 g/mol. The standard InChI is InChI=1S/C33H45N5O3/c1-22(2)38-20-29(18-35-38)28-15-16-34-32(17-28)37(33(40)27-11-7-25(21-39)8-12-27)19-24-5-9-26(10-6-24)30-13-14-31(41-4)23(3)36-30/h13-18,20,22,24-27,39H,5-12,19,21H2,1-4H3/t24-,25-,26-,27-. The van der Waals surface area contributed by atoms with E-state index in [-0.39, 0.29) is 24.5 Å². The Hall–Kier alpha value is -3.26. The fourth-order valence-corrected chi connectivity index (χ4v) is 6.53. The lowest BCUT2D eigenvalue weighted by molar-refractivity contribution is -0.124. The van der Waals surface area contributed by atoms with Crippen LogP contribution in [-0.4, -0.2) is 51.0 Å². The van der Waals surface area contributed by atoms with Crippen molar-refractivity contribution in [1.29, 1.82) is 0 Å². The van der Waals surface area contributed by atoms with Gasteiger partial charge >= 0.3 is 0 Å². The third kappa shape index (κ3) is 6.80. The number of aliphatic hydroxyl groups excluding tert-OH is 1. The molecule has 3 aromatic rings. The lowest BCUT2D eigenvalue weighted by Gasteiger charge is -2.35. The molecule has 5 rings (SSSR count). The highest BCUT2D eigenvalue weighted by Crippen LogP contribution is 2.38. The number of carbonyl (C=O) groups is 1. The Morgan fingerprint density at radius 3 is 2.41 bits per heavy atom. The van der Waals surface area contributed by atoms with Crippen LogP contribution in [0.4, 0.5) is 5.82 Å². The van der Waals surface area contributed by atoms with Gasteiger partial charge in [0.25, 0.3) is 0 Å². The number of rotatable bonds is 9. The van der Waals surface area contributed by atoms with Gasteiger partial charge < -0.3 is 9.84 Å². The molecule has 0 atom stereocenters. The lowest BCUT2D eigenvalue weighted by atomic mass is 9.79.